The Kier molecular flexibility index (Phi) is 4.06. The number of hydrogen-bond acceptors (Lipinski definition) is 5. The molecule has 3 unspecified atom stereocenters. The molecule has 2 rings (SSSR count). The predicted molar refractivity (Wildman–Crippen MR) is 70.9 cm³/mol. The largest absolute Gasteiger partial charge is 0.340 e. The first-order valence-electron chi connectivity index (χ1n) is 6.14. The first-order valence-corrected chi connectivity index (χ1v) is 6.14. The second kappa shape index (κ2) is 5.75. The number of anilines is 1. The lowest BCUT2D eigenvalue weighted by molar-refractivity contribution is -0.120. The van der Waals surface area contributed by atoms with Crippen LogP contribution in [0.2, 0.25) is 0 Å². The summed E-state index contributed by atoms with van der Waals surface area (Å²) < 4.78 is 0. The molecule has 1 aliphatic heterocycles. The van der Waals surface area contributed by atoms with E-state index in [9.17, 15) is 14.4 Å². The van der Waals surface area contributed by atoms with Gasteiger partial charge in [0.2, 0.25) is 0 Å². The number of nitrogens with zero attached hydrogens (tertiary/aromatic N) is 2. The van der Waals surface area contributed by atoms with Crippen molar-refractivity contribution in [2.75, 3.05) is 11.9 Å². The average molecular weight is 260 g/mol. The molecule has 1 heterocycles. The number of para-hydroxylation sites is 1. The second-order valence-electron chi connectivity index (χ2n) is 4.60. The van der Waals surface area contributed by atoms with Crippen molar-refractivity contribution in [3.63, 3.8) is 0 Å². The number of rotatable bonds is 4. The third-order valence-electron chi connectivity index (χ3n) is 3.56. The summed E-state index contributed by atoms with van der Waals surface area (Å²) in [5.41, 5.74) is 0.799. The highest BCUT2D eigenvalue weighted by molar-refractivity contribution is 5.76. The van der Waals surface area contributed by atoms with E-state index in [0.29, 0.717) is 6.42 Å². The van der Waals surface area contributed by atoms with Crippen LogP contribution < -0.4 is 4.90 Å². The number of carbonyl (C=O) groups is 3. The van der Waals surface area contributed by atoms with Gasteiger partial charge < -0.3 is 14.5 Å². The maximum Gasteiger partial charge on any atom is 0.157 e. The zero-order valence-corrected chi connectivity index (χ0v) is 10.7. The van der Waals surface area contributed by atoms with Gasteiger partial charge in [0.25, 0.3) is 0 Å². The summed E-state index contributed by atoms with van der Waals surface area (Å²) in [6.45, 7) is 0. The molecular weight excluding hydrogens is 244 g/mol. The molecular formula is C14H16N2O3. The van der Waals surface area contributed by atoms with E-state index in [1.807, 2.05) is 30.3 Å². The molecule has 0 aromatic heterocycles. The van der Waals surface area contributed by atoms with Gasteiger partial charge in [0.15, 0.2) is 6.29 Å². The molecule has 1 aromatic carbocycles. The van der Waals surface area contributed by atoms with Crippen LogP contribution in [0.25, 0.3) is 0 Å². The van der Waals surface area contributed by atoms with E-state index < -0.39 is 18.2 Å². The maximum absolute atomic E-state index is 11.4. The molecule has 1 aliphatic rings. The van der Waals surface area contributed by atoms with E-state index in [-0.39, 0.29) is 0 Å². The lowest BCUT2D eigenvalue weighted by Crippen LogP contribution is -2.62. The Morgan fingerprint density at radius 1 is 1.00 bits per heavy atom. The molecule has 0 amide bonds. The topological polar surface area (TPSA) is 57.7 Å². The Hall–Kier alpha value is -2.01. The summed E-state index contributed by atoms with van der Waals surface area (Å²) in [5.74, 6) is 0. The highest BCUT2D eigenvalue weighted by Crippen LogP contribution is 2.27. The van der Waals surface area contributed by atoms with Gasteiger partial charge in [0.1, 0.15) is 18.7 Å². The summed E-state index contributed by atoms with van der Waals surface area (Å²) in [7, 11) is 1.72. The van der Waals surface area contributed by atoms with Crippen molar-refractivity contribution in [2.24, 2.45) is 0 Å². The quantitative estimate of drug-likeness (QED) is 0.737. The highest BCUT2D eigenvalue weighted by atomic mass is 16.1. The number of carbonyl (C=O) groups excluding carboxylic acids is 3. The first-order chi connectivity index (χ1) is 9.22. The summed E-state index contributed by atoms with van der Waals surface area (Å²) in [4.78, 5) is 37.1. The van der Waals surface area contributed by atoms with Crippen molar-refractivity contribution in [3.05, 3.63) is 30.3 Å². The van der Waals surface area contributed by atoms with E-state index in [4.69, 9.17) is 0 Å². The van der Waals surface area contributed by atoms with Crippen LogP contribution in [0.1, 0.15) is 6.42 Å². The van der Waals surface area contributed by atoms with E-state index in [2.05, 4.69) is 0 Å². The van der Waals surface area contributed by atoms with E-state index in [0.717, 1.165) is 24.5 Å². The molecule has 1 saturated heterocycles. The summed E-state index contributed by atoms with van der Waals surface area (Å²) in [5, 5.41) is 0. The van der Waals surface area contributed by atoms with Crippen molar-refractivity contribution < 1.29 is 14.4 Å². The fourth-order valence-electron chi connectivity index (χ4n) is 2.49. The zero-order chi connectivity index (χ0) is 13.8. The fraction of sp³-hybridized carbons (Fsp3) is 0.357. The number of benzene rings is 1. The molecule has 0 spiro atoms. The minimum atomic E-state index is -0.610. The molecule has 100 valence electrons. The van der Waals surface area contributed by atoms with Crippen LogP contribution in [0.5, 0.6) is 0 Å². The SMILES string of the molecule is CN1C(C=O)CC(C=O)N(c2ccccc2)C1C=O. The standard InChI is InChI=1S/C14H16N2O3/c1-15-12(8-17)7-13(9-18)16(14(15)10-19)11-5-3-2-4-6-11/h2-6,8-10,12-14H,7H2,1H3. The van der Waals surface area contributed by atoms with E-state index in [1.165, 1.54) is 0 Å². The fourth-order valence-corrected chi connectivity index (χ4v) is 2.49. The molecule has 3 atom stereocenters. The number of likely N-dealkylation sites (N-methyl/N-ethyl adjacent to an activating group) is 1. The maximum atomic E-state index is 11.4. The summed E-state index contributed by atoms with van der Waals surface area (Å²) in [6.07, 6.45) is 2.13. The smallest absolute Gasteiger partial charge is 0.157 e. The molecule has 0 radical (unpaired) electrons. The Bertz CT molecular complexity index is 463. The molecule has 0 saturated carbocycles. The molecule has 0 bridgehead atoms. The Morgan fingerprint density at radius 3 is 2.16 bits per heavy atom. The molecule has 0 N–H and O–H groups in total. The Morgan fingerprint density at radius 2 is 1.63 bits per heavy atom. The molecule has 0 aliphatic carbocycles. The summed E-state index contributed by atoms with van der Waals surface area (Å²) in [6, 6.07) is 8.39. The normalized spacial score (nSPS) is 27.8. The third-order valence-corrected chi connectivity index (χ3v) is 3.56. The van der Waals surface area contributed by atoms with E-state index in [1.54, 1.807) is 16.8 Å². The van der Waals surface area contributed by atoms with Gasteiger partial charge in [-0.1, -0.05) is 18.2 Å². The van der Waals surface area contributed by atoms with Gasteiger partial charge in [-0.3, -0.25) is 9.69 Å². The molecule has 5 nitrogen and oxygen atoms in total. The molecule has 5 heteroatoms. The van der Waals surface area contributed by atoms with Gasteiger partial charge in [-0.2, -0.15) is 0 Å². The summed E-state index contributed by atoms with van der Waals surface area (Å²) >= 11 is 0. The van der Waals surface area contributed by atoms with Crippen LogP contribution in [-0.2, 0) is 14.4 Å². The highest BCUT2D eigenvalue weighted by Gasteiger charge is 2.39. The van der Waals surface area contributed by atoms with Gasteiger partial charge in [0, 0.05) is 5.69 Å². The van der Waals surface area contributed by atoms with Crippen LogP contribution in [0.3, 0.4) is 0 Å². The van der Waals surface area contributed by atoms with Crippen LogP contribution in [0, 0.1) is 0 Å². The van der Waals surface area contributed by atoms with Gasteiger partial charge in [-0.25, -0.2) is 0 Å². The van der Waals surface area contributed by atoms with Gasteiger partial charge in [-0.05, 0) is 25.6 Å². The zero-order valence-electron chi connectivity index (χ0n) is 10.7. The van der Waals surface area contributed by atoms with Crippen LogP contribution >= 0.6 is 0 Å². The van der Waals surface area contributed by atoms with Gasteiger partial charge in [-0.15, -0.1) is 0 Å². The van der Waals surface area contributed by atoms with Crippen LogP contribution in [0.15, 0.2) is 30.3 Å². The monoisotopic (exact) mass is 260 g/mol. The molecule has 1 fully saturated rings. The molecule has 19 heavy (non-hydrogen) atoms. The lowest BCUT2D eigenvalue weighted by atomic mass is 10.00. The van der Waals surface area contributed by atoms with Gasteiger partial charge >= 0.3 is 0 Å². The molecule has 1 aromatic rings. The Labute approximate surface area is 111 Å². The van der Waals surface area contributed by atoms with Crippen molar-refractivity contribution in [1.82, 2.24) is 4.90 Å². The van der Waals surface area contributed by atoms with Crippen molar-refractivity contribution >= 4 is 24.5 Å². The first kappa shape index (κ1) is 13.4. The van der Waals surface area contributed by atoms with Crippen LogP contribution in [-0.4, -0.2) is 49.1 Å². The third kappa shape index (κ3) is 2.42. The predicted octanol–water partition coefficient (Wildman–Crippen LogP) is 0.488. The minimum absolute atomic E-state index is 0.392. The van der Waals surface area contributed by atoms with Crippen molar-refractivity contribution in [1.29, 1.82) is 0 Å². The van der Waals surface area contributed by atoms with Crippen molar-refractivity contribution in [2.45, 2.75) is 24.7 Å². The Balaban J connectivity index is 2.40. The minimum Gasteiger partial charge on any atom is -0.340 e. The number of hydrogen-bond donors (Lipinski definition) is 0. The lowest BCUT2D eigenvalue weighted by Gasteiger charge is -2.46. The van der Waals surface area contributed by atoms with E-state index >= 15 is 0 Å². The van der Waals surface area contributed by atoms with Crippen molar-refractivity contribution in [3.8, 4) is 0 Å². The van der Waals surface area contributed by atoms with Gasteiger partial charge in [0.05, 0.1) is 12.1 Å². The second-order valence-corrected chi connectivity index (χ2v) is 4.60. The van der Waals surface area contributed by atoms with Crippen LogP contribution in [0.4, 0.5) is 5.69 Å². The average Bonchev–Trinajstić information content (AvgIpc) is 2.47. The number of aldehydes is 3.